The zero-order chi connectivity index (χ0) is 24.9. The highest BCUT2D eigenvalue weighted by molar-refractivity contribution is 6.04. The van der Waals surface area contributed by atoms with Crippen molar-refractivity contribution in [1.29, 1.82) is 5.26 Å². The van der Waals surface area contributed by atoms with Crippen LogP contribution in [0.2, 0.25) is 0 Å². The maximum absolute atomic E-state index is 12.8. The van der Waals surface area contributed by atoms with E-state index in [1.807, 2.05) is 18.2 Å². The molecular weight excluding hydrogens is 446 g/mol. The molecule has 4 rings (SSSR count). The molecule has 0 spiro atoms. The van der Waals surface area contributed by atoms with Gasteiger partial charge in [0.05, 0.1) is 16.6 Å². The molecule has 0 unspecified atom stereocenters. The van der Waals surface area contributed by atoms with Crippen molar-refractivity contribution in [2.45, 2.75) is 45.1 Å². The van der Waals surface area contributed by atoms with Crippen molar-refractivity contribution in [1.82, 2.24) is 14.5 Å². The predicted octanol–water partition coefficient (Wildman–Crippen LogP) is 2.97. The standard InChI is InChI=1S/C25H27N7O3/c1-31(23(34)12-16-4-2-3-5-16)19-8-9-21-20(13-19)29-25(32(21)11-10-22(27)33)30-24(35)17-6-7-18(14-26)28-15-17/h6-9,13,15-16H,2-5,10-12H2,1H3,(H2,27,33)(H,29,30,35). The van der Waals surface area contributed by atoms with Crippen LogP contribution in [0, 0.1) is 17.2 Å². The zero-order valence-electron chi connectivity index (χ0n) is 19.5. The van der Waals surface area contributed by atoms with Crippen LogP contribution in [0.3, 0.4) is 0 Å². The van der Waals surface area contributed by atoms with Crippen molar-refractivity contribution in [2.75, 3.05) is 17.3 Å². The first-order valence-electron chi connectivity index (χ1n) is 11.6. The number of primary amides is 1. The quantitative estimate of drug-likeness (QED) is 0.514. The van der Waals surface area contributed by atoms with Crippen LogP contribution in [-0.4, -0.2) is 39.3 Å². The van der Waals surface area contributed by atoms with Crippen molar-refractivity contribution in [2.24, 2.45) is 11.7 Å². The number of imidazole rings is 1. The highest BCUT2D eigenvalue weighted by atomic mass is 16.2. The summed E-state index contributed by atoms with van der Waals surface area (Å²) >= 11 is 0. The van der Waals surface area contributed by atoms with Crippen LogP contribution in [0.15, 0.2) is 36.5 Å². The number of hydrogen-bond acceptors (Lipinski definition) is 6. The molecule has 0 atom stereocenters. The number of nitrogens with one attached hydrogen (secondary N) is 1. The molecule has 3 amide bonds. The number of hydrogen-bond donors (Lipinski definition) is 2. The second kappa shape index (κ2) is 10.3. The highest BCUT2D eigenvalue weighted by Crippen LogP contribution is 2.30. The predicted molar refractivity (Wildman–Crippen MR) is 130 cm³/mol. The number of aryl methyl sites for hydroxylation is 1. The third-order valence-electron chi connectivity index (χ3n) is 6.38. The minimum atomic E-state index is -0.478. The maximum Gasteiger partial charge on any atom is 0.259 e. The molecule has 1 aliphatic carbocycles. The first-order chi connectivity index (χ1) is 16.9. The fourth-order valence-corrected chi connectivity index (χ4v) is 4.38. The Morgan fingerprint density at radius 1 is 1.23 bits per heavy atom. The van der Waals surface area contributed by atoms with Gasteiger partial charge in [0, 0.05) is 38.3 Å². The van der Waals surface area contributed by atoms with Gasteiger partial charge in [0.2, 0.25) is 17.8 Å². The average Bonchev–Trinajstić information content (AvgIpc) is 3.49. The van der Waals surface area contributed by atoms with Gasteiger partial charge in [-0.1, -0.05) is 12.8 Å². The first-order valence-corrected chi connectivity index (χ1v) is 11.6. The Balaban J connectivity index is 1.60. The van der Waals surface area contributed by atoms with Crippen molar-refractivity contribution >= 4 is 40.4 Å². The first kappa shape index (κ1) is 23.9. The number of carbonyl (C=O) groups excluding carboxylic acids is 3. The van der Waals surface area contributed by atoms with E-state index < -0.39 is 11.8 Å². The summed E-state index contributed by atoms with van der Waals surface area (Å²) in [4.78, 5) is 47.1. The zero-order valence-corrected chi connectivity index (χ0v) is 19.5. The number of pyridine rings is 1. The fourth-order valence-electron chi connectivity index (χ4n) is 4.38. The molecule has 10 heteroatoms. The molecule has 0 aliphatic heterocycles. The number of aromatic nitrogens is 3. The summed E-state index contributed by atoms with van der Waals surface area (Å²) in [5.74, 6) is -0.185. The molecule has 2 heterocycles. The van der Waals surface area contributed by atoms with Gasteiger partial charge >= 0.3 is 0 Å². The molecule has 10 nitrogen and oxygen atoms in total. The van der Waals surface area contributed by atoms with Crippen LogP contribution in [-0.2, 0) is 16.1 Å². The summed E-state index contributed by atoms with van der Waals surface area (Å²) in [6, 6.07) is 10.3. The second-order valence-electron chi connectivity index (χ2n) is 8.78. The lowest BCUT2D eigenvalue weighted by Gasteiger charge is -2.19. The third kappa shape index (κ3) is 5.46. The number of nitrogens with two attached hydrogens (primary N) is 1. The average molecular weight is 474 g/mol. The van der Waals surface area contributed by atoms with Gasteiger partial charge < -0.3 is 15.2 Å². The van der Waals surface area contributed by atoms with Gasteiger partial charge in [-0.05, 0) is 49.1 Å². The van der Waals surface area contributed by atoms with E-state index in [-0.39, 0.29) is 36.1 Å². The van der Waals surface area contributed by atoms with Crippen LogP contribution >= 0.6 is 0 Å². The molecule has 35 heavy (non-hydrogen) atoms. The number of anilines is 2. The van der Waals surface area contributed by atoms with E-state index in [0.29, 0.717) is 29.1 Å². The molecule has 0 bridgehead atoms. The molecule has 1 aromatic carbocycles. The Labute approximate surface area is 202 Å². The Kier molecular flexibility index (Phi) is 7.06. The largest absolute Gasteiger partial charge is 0.370 e. The summed E-state index contributed by atoms with van der Waals surface area (Å²) in [6.45, 7) is 0.225. The number of fused-ring (bicyclic) bond motifs is 1. The Morgan fingerprint density at radius 3 is 2.66 bits per heavy atom. The van der Waals surface area contributed by atoms with Gasteiger partial charge in [-0.15, -0.1) is 0 Å². The van der Waals surface area contributed by atoms with Gasteiger partial charge in [0.15, 0.2) is 0 Å². The van der Waals surface area contributed by atoms with E-state index in [0.717, 1.165) is 12.8 Å². The Hall–Kier alpha value is -4.26. The molecule has 1 fully saturated rings. The summed E-state index contributed by atoms with van der Waals surface area (Å²) < 4.78 is 1.71. The monoisotopic (exact) mass is 473 g/mol. The smallest absolute Gasteiger partial charge is 0.259 e. The number of benzene rings is 1. The number of carbonyl (C=O) groups is 3. The number of nitrogens with zero attached hydrogens (tertiary/aromatic N) is 5. The fraction of sp³-hybridized carbons (Fsp3) is 0.360. The molecule has 180 valence electrons. The van der Waals surface area contributed by atoms with E-state index >= 15 is 0 Å². The van der Waals surface area contributed by atoms with Crippen LogP contribution in [0.1, 0.15) is 54.6 Å². The molecule has 3 aromatic rings. The van der Waals surface area contributed by atoms with Gasteiger partial charge in [0.1, 0.15) is 11.8 Å². The van der Waals surface area contributed by atoms with E-state index in [1.54, 1.807) is 22.6 Å². The second-order valence-corrected chi connectivity index (χ2v) is 8.78. The number of nitriles is 1. The highest BCUT2D eigenvalue weighted by Gasteiger charge is 2.22. The van der Waals surface area contributed by atoms with Crippen molar-refractivity contribution in [3.05, 3.63) is 47.8 Å². The molecule has 1 aliphatic rings. The Bertz CT molecular complexity index is 1300. The summed E-state index contributed by atoms with van der Waals surface area (Å²) in [5.41, 5.74) is 7.78. The van der Waals surface area contributed by atoms with Crippen molar-refractivity contribution < 1.29 is 14.4 Å². The van der Waals surface area contributed by atoms with E-state index in [1.165, 1.54) is 31.2 Å². The van der Waals surface area contributed by atoms with Gasteiger partial charge in [-0.2, -0.15) is 5.26 Å². The minimum absolute atomic E-state index is 0.0613. The van der Waals surface area contributed by atoms with Gasteiger partial charge in [-0.25, -0.2) is 9.97 Å². The summed E-state index contributed by atoms with van der Waals surface area (Å²) in [5, 5.41) is 11.7. The van der Waals surface area contributed by atoms with Gasteiger partial charge in [0.25, 0.3) is 5.91 Å². The molecule has 3 N–H and O–H groups in total. The van der Waals surface area contributed by atoms with E-state index in [4.69, 9.17) is 11.0 Å². The number of rotatable bonds is 8. The molecule has 2 aromatic heterocycles. The van der Waals surface area contributed by atoms with Crippen molar-refractivity contribution in [3.8, 4) is 6.07 Å². The lowest BCUT2D eigenvalue weighted by molar-refractivity contribution is -0.119. The normalized spacial score (nSPS) is 13.5. The van der Waals surface area contributed by atoms with Crippen LogP contribution < -0.4 is 16.0 Å². The van der Waals surface area contributed by atoms with Gasteiger partial charge in [-0.3, -0.25) is 19.7 Å². The van der Waals surface area contributed by atoms with E-state index in [2.05, 4.69) is 15.3 Å². The molecular formula is C25H27N7O3. The Morgan fingerprint density at radius 2 is 2.00 bits per heavy atom. The molecule has 0 saturated heterocycles. The van der Waals surface area contributed by atoms with Crippen molar-refractivity contribution in [3.63, 3.8) is 0 Å². The summed E-state index contributed by atoms with van der Waals surface area (Å²) in [7, 11) is 1.75. The third-order valence-corrected chi connectivity index (χ3v) is 6.38. The lowest BCUT2D eigenvalue weighted by Crippen LogP contribution is -2.27. The van der Waals surface area contributed by atoms with Crippen LogP contribution in [0.25, 0.3) is 11.0 Å². The topological polar surface area (TPSA) is 147 Å². The van der Waals surface area contributed by atoms with Crippen LogP contribution in [0.5, 0.6) is 0 Å². The van der Waals surface area contributed by atoms with Crippen LogP contribution in [0.4, 0.5) is 11.6 Å². The summed E-state index contributed by atoms with van der Waals surface area (Å²) in [6.07, 6.45) is 6.47. The number of amides is 3. The van der Waals surface area contributed by atoms with E-state index in [9.17, 15) is 14.4 Å². The molecule has 1 saturated carbocycles. The minimum Gasteiger partial charge on any atom is -0.370 e. The lowest BCUT2D eigenvalue weighted by atomic mass is 10.0. The SMILES string of the molecule is CN(C(=O)CC1CCCC1)c1ccc2c(c1)nc(NC(=O)c1ccc(C#N)nc1)n2CCC(N)=O. The maximum atomic E-state index is 12.8. The molecule has 0 radical (unpaired) electrons.